The van der Waals surface area contributed by atoms with Crippen LogP contribution in [0.2, 0.25) is 0 Å². The minimum absolute atomic E-state index is 0.0140. The first-order valence-corrected chi connectivity index (χ1v) is 9.56. The summed E-state index contributed by atoms with van der Waals surface area (Å²) in [6.07, 6.45) is 4.20. The summed E-state index contributed by atoms with van der Waals surface area (Å²) in [5.41, 5.74) is -4.33. The molecule has 0 atom stereocenters. The molecule has 1 aliphatic carbocycles. The zero-order valence-corrected chi connectivity index (χ0v) is 16.1. The van der Waals surface area contributed by atoms with E-state index in [4.69, 9.17) is 4.74 Å². The molecule has 2 heterocycles. The zero-order valence-electron chi connectivity index (χ0n) is 15.3. The smallest absolute Gasteiger partial charge is 0.446 e. The first kappa shape index (κ1) is 19.6. The average molecular weight is 423 g/mol. The van der Waals surface area contributed by atoms with Crippen molar-refractivity contribution in [3.8, 4) is 5.75 Å². The van der Waals surface area contributed by atoms with Crippen LogP contribution in [0, 0.1) is 0 Å². The van der Waals surface area contributed by atoms with Crippen molar-refractivity contribution in [2.24, 2.45) is 0 Å². The van der Waals surface area contributed by atoms with Crippen LogP contribution >= 0.6 is 11.8 Å². The molecule has 2 aliphatic rings. The molecular formula is C19H16F3N3O3S. The van der Waals surface area contributed by atoms with Crippen molar-refractivity contribution in [3.63, 3.8) is 0 Å². The highest BCUT2D eigenvalue weighted by Gasteiger charge is 2.65. The topological polar surface area (TPSA) is 62.7 Å². The van der Waals surface area contributed by atoms with Gasteiger partial charge in [-0.3, -0.25) is 9.78 Å². The van der Waals surface area contributed by atoms with E-state index in [0.717, 1.165) is 4.90 Å². The number of hydrogen-bond acceptors (Lipinski definition) is 5. The Morgan fingerprint density at radius 3 is 2.45 bits per heavy atom. The van der Waals surface area contributed by atoms with Crippen molar-refractivity contribution < 1.29 is 27.5 Å². The standard InChI is InChI=1S/C19H16F3N3O3S/c1-28-15-10-23-9-6-12(15)11-24-17(27)25(16(26)18(24)7-8-18)13-2-4-14(5-3-13)29-19(20,21)22/h2-6,9-10H,7-8,11H2,1H3. The van der Waals surface area contributed by atoms with Crippen molar-refractivity contribution in [2.75, 3.05) is 12.0 Å². The first-order chi connectivity index (χ1) is 13.7. The van der Waals surface area contributed by atoms with Crippen molar-refractivity contribution in [2.45, 2.75) is 35.3 Å². The van der Waals surface area contributed by atoms with Crippen LogP contribution in [-0.4, -0.2) is 40.0 Å². The Hall–Kier alpha value is -2.75. The molecule has 0 radical (unpaired) electrons. The maximum atomic E-state index is 13.1. The number of methoxy groups -OCH3 is 1. The lowest BCUT2D eigenvalue weighted by Crippen LogP contribution is -2.36. The fraction of sp³-hybridized carbons (Fsp3) is 0.316. The predicted octanol–water partition coefficient (Wildman–Crippen LogP) is 4.20. The second-order valence-electron chi connectivity index (χ2n) is 6.77. The lowest BCUT2D eigenvalue weighted by molar-refractivity contribution is -0.120. The van der Waals surface area contributed by atoms with Crippen LogP contribution in [0.5, 0.6) is 5.75 Å². The number of urea groups is 1. The van der Waals surface area contributed by atoms with E-state index < -0.39 is 17.1 Å². The molecule has 0 unspecified atom stereocenters. The summed E-state index contributed by atoms with van der Waals surface area (Å²) in [6.45, 7) is 0.175. The number of amides is 3. The molecule has 6 nitrogen and oxygen atoms in total. The predicted molar refractivity (Wildman–Crippen MR) is 99.5 cm³/mol. The summed E-state index contributed by atoms with van der Waals surface area (Å²) < 4.78 is 42.8. The Labute approximate surface area is 168 Å². The monoisotopic (exact) mass is 423 g/mol. The second kappa shape index (κ2) is 6.94. The van der Waals surface area contributed by atoms with E-state index >= 15 is 0 Å². The van der Waals surface area contributed by atoms with Crippen molar-refractivity contribution in [1.82, 2.24) is 9.88 Å². The lowest BCUT2D eigenvalue weighted by atomic mass is 10.2. The zero-order chi connectivity index (χ0) is 20.8. The molecule has 0 N–H and O–H groups in total. The molecule has 4 rings (SSSR count). The van der Waals surface area contributed by atoms with E-state index in [-0.39, 0.29) is 34.8 Å². The van der Waals surface area contributed by atoms with Gasteiger partial charge in [0, 0.05) is 16.7 Å². The summed E-state index contributed by atoms with van der Waals surface area (Å²) in [5.74, 6) is 0.155. The number of anilines is 1. The first-order valence-electron chi connectivity index (χ1n) is 8.74. The molecule has 1 saturated heterocycles. The Morgan fingerprint density at radius 2 is 1.86 bits per heavy atom. The third-order valence-corrected chi connectivity index (χ3v) is 5.75. The third kappa shape index (κ3) is 3.52. The molecule has 152 valence electrons. The summed E-state index contributed by atoms with van der Waals surface area (Å²) >= 11 is -0.246. The van der Waals surface area contributed by atoms with Crippen LogP contribution < -0.4 is 9.64 Å². The third-order valence-electron chi connectivity index (χ3n) is 5.01. The Morgan fingerprint density at radius 1 is 1.17 bits per heavy atom. The minimum Gasteiger partial charge on any atom is -0.495 e. The summed E-state index contributed by atoms with van der Waals surface area (Å²) in [7, 11) is 1.50. The van der Waals surface area contributed by atoms with Gasteiger partial charge >= 0.3 is 11.5 Å². The van der Waals surface area contributed by atoms with Gasteiger partial charge < -0.3 is 9.64 Å². The van der Waals surface area contributed by atoms with E-state index in [1.165, 1.54) is 42.5 Å². The SMILES string of the molecule is COc1cnccc1CN1C(=O)N(c2ccc(SC(F)(F)F)cc2)C(=O)C12CC2. The van der Waals surface area contributed by atoms with Crippen molar-refractivity contribution >= 4 is 29.4 Å². The lowest BCUT2D eigenvalue weighted by Gasteiger charge is -2.22. The van der Waals surface area contributed by atoms with E-state index in [1.807, 2.05) is 0 Å². The van der Waals surface area contributed by atoms with Gasteiger partial charge in [0.25, 0.3) is 5.91 Å². The van der Waals surface area contributed by atoms with E-state index in [1.54, 1.807) is 12.3 Å². The van der Waals surface area contributed by atoms with Crippen LogP contribution in [0.3, 0.4) is 0 Å². The normalized spacial score (nSPS) is 17.9. The van der Waals surface area contributed by atoms with Gasteiger partial charge in [0.1, 0.15) is 11.3 Å². The number of thioether (sulfide) groups is 1. The van der Waals surface area contributed by atoms with Gasteiger partial charge in [-0.25, -0.2) is 9.69 Å². The molecular weight excluding hydrogens is 407 g/mol. The number of nitrogens with zero attached hydrogens (tertiary/aromatic N) is 3. The molecule has 1 saturated carbocycles. The van der Waals surface area contributed by atoms with Crippen LogP contribution in [0.15, 0.2) is 47.6 Å². The molecule has 2 aromatic rings. The van der Waals surface area contributed by atoms with Gasteiger partial charge in [-0.1, -0.05) is 0 Å². The Balaban J connectivity index is 1.60. The van der Waals surface area contributed by atoms with E-state index in [0.29, 0.717) is 24.2 Å². The average Bonchev–Trinajstić information content (AvgIpc) is 3.45. The number of rotatable bonds is 5. The maximum Gasteiger partial charge on any atom is 0.446 e. The van der Waals surface area contributed by atoms with Gasteiger partial charge in [0.05, 0.1) is 25.5 Å². The molecule has 1 aliphatic heterocycles. The molecule has 2 fully saturated rings. The number of carbonyl (C=O) groups excluding carboxylic acids is 2. The highest BCUT2D eigenvalue weighted by Crippen LogP contribution is 2.50. The number of ether oxygens (including phenoxy) is 1. The number of carbonyl (C=O) groups is 2. The fourth-order valence-electron chi connectivity index (χ4n) is 3.45. The number of hydrogen-bond donors (Lipinski definition) is 0. The highest BCUT2D eigenvalue weighted by atomic mass is 32.2. The van der Waals surface area contributed by atoms with Gasteiger partial charge in [-0.15, -0.1) is 0 Å². The Kier molecular flexibility index (Phi) is 4.68. The highest BCUT2D eigenvalue weighted by molar-refractivity contribution is 8.00. The van der Waals surface area contributed by atoms with Crippen LogP contribution in [0.4, 0.5) is 23.7 Å². The molecule has 0 bridgehead atoms. The van der Waals surface area contributed by atoms with Gasteiger partial charge in [0.15, 0.2) is 0 Å². The molecule has 3 amide bonds. The summed E-state index contributed by atoms with van der Waals surface area (Å²) in [4.78, 5) is 32.6. The van der Waals surface area contributed by atoms with E-state index in [9.17, 15) is 22.8 Å². The molecule has 29 heavy (non-hydrogen) atoms. The van der Waals surface area contributed by atoms with Gasteiger partial charge in [-0.05, 0) is 54.9 Å². The number of aromatic nitrogens is 1. The van der Waals surface area contributed by atoms with Crippen LogP contribution in [-0.2, 0) is 11.3 Å². The largest absolute Gasteiger partial charge is 0.495 e. The number of alkyl halides is 3. The van der Waals surface area contributed by atoms with Gasteiger partial charge in [0.2, 0.25) is 0 Å². The van der Waals surface area contributed by atoms with Crippen molar-refractivity contribution in [1.29, 1.82) is 0 Å². The molecule has 1 aromatic heterocycles. The fourth-order valence-corrected chi connectivity index (χ4v) is 3.99. The molecule has 10 heteroatoms. The second-order valence-corrected chi connectivity index (χ2v) is 7.91. The number of imide groups is 1. The quantitative estimate of drug-likeness (QED) is 0.533. The van der Waals surface area contributed by atoms with Crippen LogP contribution in [0.1, 0.15) is 18.4 Å². The van der Waals surface area contributed by atoms with Crippen LogP contribution in [0.25, 0.3) is 0 Å². The number of pyridine rings is 1. The maximum absolute atomic E-state index is 13.1. The summed E-state index contributed by atoms with van der Waals surface area (Å²) in [5, 5.41) is 0. The van der Waals surface area contributed by atoms with Gasteiger partial charge in [-0.2, -0.15) is 13.2 Å². The molecule has 1 spiro atoms. The summed E-state index contributed by atoms with van der Waals surface area (Å²) in [6, 6.07) is 6.44. The van der Waals surface area contributed by atoms with Crippen molar-refractivity contribution in [3.05, 3.63) is 48.3 Å². The van der Waals surface area contributed by atoms with E-state index in [2.05, 4.69) is 4.98 Å². The minimum atomic E-state index is -4.40. The number of benzene rings is 1. The molecule has 1 aromatic carbocycles. The number of halogens is 3. The Bertz CT molecular complexity index is 961.